The summed E-state index contributed by atoms with van der Waals surface area (Å²) in [5, 5.41) is 8.75. The quantitative estimate of drug-likeness (QED) is 0.311. The number of carbonyl (C=O) groups excluding carboxylic acids is 1. The zero-order valence-corrected chi connectivity index (χ0v) is 19.6. The van der Waals surface area contributed by atoms with E-state index in [1.807, 2.05) is 30.3 Å². The summed E-state index contributed by atoms with van der Waals surface area (Å²) in [6.07, 6.45) is 3.51. The van der Waals surface area contributed by atoms with Crippen LogP contribution in [0.5, 0.6) is 5.75 Å². The van der Waals surface area contributed by atoms with E-state index in [1.54, 1.807) is 35.2 Å². The normalized spacial score (nSPS) is 14.1. The Kier molecular flexibility index (Phi) is 7.68. The van der Waals surface area contributed by atoms with Gasteiger partial charge in [0.15, 0.2) is 0 Å². The van der Waals surface area contributed by atoms with Crippen LogP contribution in [0.4, 0.5) is 4.39 Å². The monoisotopic (exact) mass is 476 g/mol. The van der Waals surface area contributed by atoms with Crippen molar-refractivity contribution < 1.29 is 25.2 Å². The molecule has 1 aliphatic carbocycles. The molecule has 3 aromatic rings. The first-order valence-electron chi connectivity index (χ1n) is 12.5. The van der Waals surface area contributed by atoms with E-state index >= 15 is 0 Å². The van der Waals surface area contributed by atoms with Crippen LogP contribution < -0.4 is 4.74 Å². The van der Waals surface area contributed by atoms with Crippen molar-refractivity contribution >= 4 is 11.9 Å². The molecule has 1 fully saturated rings. The van der Waals surface area contributed by atoms with Crippen molar-refractivity contribution in [1.82, 2.24) is 4.90 Å². The molecule has 1 amide bonds. The maximum Gasteiger partial charge on any atom is 0.303 e. The lowest BCUT2D eigenvalue weighted by molar-refractivity contribution is -0.137. The Morgan fingerprint density at radius 3 is 2.46 bits per heavy atom. The number of aliphatic carboxylic acids is 1. The van der Waals surface area contributed by atoms with Gasteiger partial charge in [0.25, 0.3) is 5.91 Å². The van der Waals surface area contributed by atoms with Crippen molar-refractivity contribution in [3.05, 3.63) is 89.7 Å². The van der Waals surface area contributed by atoms with E-state index in [9.17, 15) is 14.0 Å². The molecule has 0 radical (unpaired) electrons. The van der Waals surface area contributed by atoms with Crippen LogP contribution in [-0.4, -0.2) is 34.5 Å². The molecule has 5 nitrogen and oxygen atoms in total. The standard InChI is InChI=1S/C29H30FNO4/c30-25-9-6-8-23(19-25)21-12-14-22(15-13-21)29(34)31(26-16-17-26)20-24-7-3-4-10-27(24)35-18-5-1-2-11-28(32)33/h3-4,6-10,12-15,19,26H,1-2,5,11,16-18,20H2,(H,32,33)/i26D. The smallest absolute Gasteiger partial charge is 0.303 e. The van der Waals surface area contributed by atoms with Crippen LogP contribution in [0.1, 0.15) is 55.8 Å². The Labute approximate surface area is 206 Å². The summed E-state index contributed by atoms with van der Waals surface area (Å²) in [5.74, 6) is -0.667. The number of hydrogen-bond donors (Lipinski definition) is 1. The van der Waals surface area contributed by atoms with Gasteiger partial charge in [-0.1, -0.05) is 42.5 Å². The largest absolute Gasteiger partial charge is 0.493 e. The molecule has 1 aliphatic rings. The SMILES string of the molecule is [2H]C1(N(Cc2ccccc2OCCCCCC(=O)O)C(=O)c2ccc(-c3cccc(F)c3)cc2)CC1. The summed E-state index contributed by atoms with van der Waals surface area (Å²) in [7, 11) is 0. The molecule has 0 atom stereocenters. The average molecular weight is 477 g/mol. The summed E-state index contributed by atoms with van der Waals surface area (Å²) in [6.45, 7) is 0.710. The fourth-order valence-corrected chi connectivity index (χ4v) is 3.96. The van der Waals surface area contributed by atoms with Gasteiger partial charge in [-0.2, -0.15) is 0 Å². The van der Waals surface area contributed by atoms with Crippen LogP contribution in [0, 0.1) is 5.82 Å². The van der Waals surface area contributed by atoms with Gasteiger partial charge >= 0.3 is 5.97 Å². The average Bonchev–Trinajstić information content (AvgIpc) is 3.63. The Bertz CT molecular complexity index is 1210. The highest BCUT2D eigenvalue weighted by molar-refractivity contribution is 5.95. The van der Waals surface area contributed by atoms with Crippen LogP contribution >= 0.6 is 0 Å². The molecule has 1 N–H and O–H groups in total. The van der Waals surface area contributed by atoms with Crippen LogP contribution in [-0.2, 0) is 11.3 Å². The summed E-state index contributed by atoms with van der Waals surface area (Å²) >= 11 is 0. The number of carbonyl (C=O) groups is 2. The topological polar surface area (TPSA) is 66.8 Å². The molecule has 6 heteroatoms. The molecule has 3 aromatic carbocycles. The lowest BCUT2D eigenvalue weighted by Crippen LogP contribution is -2.32. The second-order valence-electron chi connectivity index (χ2n) is 8.71. The van der Waals surface area contributed by atoms with Crippen LogP contribution in [0.2, 0.25) is 0 Å². The van der Waals surface area contributed by atoms with Crippen LogP contribution in [0.3, 0.4) is 0 Å². The van der Waals surface area contributed by atoms with E-state index in [2.05, 4.69) is 0 Å². The van der Waals surface area contributed by atoms with E-state index in [0.717, 1.165) is 29.5 Å². The minimum atomic E-state index is -0.942. The van der Waals surface area contributed by atoms with Crippen molar-refractivity contribution in [2.75, 3.05) is 6.61 Å². The fraction of sp³-hybridized carbons (Fsp3) is 0.310. The minimum absolute atomic E-state index is 0.155. The van der Waals surface area contributed by atoms with Crippen LogP contribution in [0.25, 0.3) is 11.1 Å². The van der Waals surface area contributed by atoms with Gasteiger partial charge in [0, 0.05) is 30.1 Å². The van der Waals surface area contributed by atoms with Gasteiger partial charge in [-0.25, -0.2) is 4.39 Å². The number of hydrogen-bond acceptors (Lipinski definition) is 3. The first kappa shape index (κ1) is 23.1. The third kappa shape index (κ3) is 6.92. The molecule has 0 heterocycles. The van der Waals surface area contributed by atoms with Gasteiger partial charge in [-0.3, -0.25) is 9.59 Å². The van der Waals surface area contributed by atoms with Crippen molar-refractivity contribution in [2.24, 2.45) is 0 Å². The number of ether oxygens (including phenoxy) is 1. The third-order valence-corrected chi connectivity index (χ3v) is 5.98. The Balaban J connectivity index is 1.45. The summed E-state index contributed by atoms with van der Waals surface area (Å²) in [4.78, 5) is 25.7. The molecule has 35 heavy (non-hydrogen) atoms. The lowest BCUT2D eigenvalue weighted by atomic mass is 10.0. The Hall–Kier alpha value is -3.67. The third-order valence-electron chi connectivity index (χ3n) is 5.98. The predicted molar refractivity (Wildman–Crippen MR) is 133 cm³/mol. The number of carboxylic acid groups (broad SMARTS) is 1. The van der Waals surface area contributed by atoms with Crippen LogP contribution in [0.15, 0.2) is 72.8 Å². The first-order chi connectivity index (χ1) is 17.4. The maximum atomic E-state index is 13.6. The number of halogens is 1. The van der Waals surface area contributed by atoms with Crippen molar-refractivity contribution in [2.45, 2.75) is 51.1 Å². The number of carboxylic acids is 1. The number of amides is 1. The molecular weight excluding hydrogens is 445 g/mol. The number of unbranched alkanes of at least 4 members (excludes halogenated alkanes) is 2. The maximum absolute atomic E-state index is 13.6. The lowest BCUT2D eigenvalue weighted by Gasteiger charge is -2.24. The number of para-hydroxylation sites is 1. The number of benzene rings is 3. The Morgan fingerprint density at radius 2 is 1.74 bits per heavy atom. The van der Waals surface area contributed by atoms with E-state index < -0.39 is 12.0 Å². The number of nitrogens with zero attached hydrogens (tertiary/aromatic N) is 1. The molecule has 0 aliphatic heterocycles. The molecule has 0 saturated heterocycles. The second-order valence-corrected chi connectivity index (χ2v) is 8.71. The van der Waals surface area contributed by atoms with E-state index in [4.69, 9.17) is 11.2 Å². The minimum Gasteiger partial charge on any atom is -0.493 e. The highest BCUT2D eigenvalue weighted by Gasteiger charge is 2.33. The fourth-order valence-electron chi connectivity index (χ4n) is 3.96. The Morgan fingerprint density at radius 1 is 0.971 bits per heavy atom. The van der Waals surface area contributed by atoms with Gasteiger partial charge in [0.2, 0.25) is 0 Å². The molecule has 182 valence electrons. The van der Waals surface area contributed by atoms with Crippen molar-refractivity contribution in [3.63, 3.8) is 0 Å². The number of rotatable bonds is 12. The van der Waals surface area contributed by atoms with Crippen molar-refractivity contribution in [3.8, 4) is 16.9 Å². The van der Waals surface area contributed by atoms with Gasteiger partial charge in [0.05, 0.1) is 7.98 Å². The molecule has 0 spiro atoms. The summed E-state index contributed by atoms with van der Waals surface area (Å²) in [6, 6.07) is 19.9. The van der Waals surface area contributed by atoms with Gasteiger partial charge in [-0.05, 0) is 73.6 Å². The second kappa shape index (κ2) is 11.6. The first-order valence-corrected chi connectivity index (χ1v) is 12.0. The highest BCUT2D eigenvalue weighted by atomic mass is 19.1. The summed E-state index contributed by atoms with van der Waals surface area (Å²) < 4.78 is 28.3. The van der Waals surface area contributed by atoms with Gasteiger partial charge in [-0.15, -0.1) is 0 Å². The van der Waals surface area contributed by atoms with E-state index in [1.165, 1.54) is 12.1 Å². The molecule has 0 aromatic heterocycles. The molecular formula is C29H30FNO4. The van der Waals surface area contributed by atoms with Crippen molar-refractivity contribution in [1.29, 1.82) is 0 Å². The van der Waals surface area contributed by atoms with Gasteiger partial charge < -0.3 is 14.7 Å². The highest BCUT2D eigenvalue weighted by Crippen LogP contribution is 2.32. The summed E-state index contributed by atoms with van der Waals surface area (Å²) in [5.41, 5.74) is 2.85. The zero-order valence-electron chi connectivity index (χ0n) is 20.6. The van der Waals surface area contributed by atoms with E-state index in [0.29, 0.717) is 37.2 Å². The predicted octanol–water partition coefficient (Wildman–Crippen LogP) is 6.32. The van der Waals surface area contributed by atoms with E-state index in [-0.39, 0.29) is 24.7 Å². The molecule has 0 bridgehead atoms. The molecule has 4 rings (SSSR count). The molecule has 0 unspecified atom stereocenters. The zero-order chi connectivity index (χ0) is 25.5. The molecule has 1 saturated carbocycles. The van der Waals surface area contributed by atoms with Gasteiger partial charge in [0.1, 0.15) is 11.6 Å².